The summed E-state index contributed by atoms with van der Waals surface area (Å²) in [6, 6.07) is 13.2. The Labute approximate surface area is 150 Å². The molecule has 0 radical (unpaired) electrons. The number of halogens is 4. The fourth-order valence-corrected chi connectivity index (χ4v) is 2.21. The lowest BCUT2D eigenvalue weighted by Gasteiger charge is -2.07. The summed E-state index contributed by atoms with van der Waals surface area (Å²) in [7, 11) is 0. The molecule has 0 bridgehead atoms. The molecular formula is C19H12F4N2O2. The third-order valence-corrected chi connectivity index (χ3v) is 3.44. The average Bonchev–Trinajstić information content (AvgIpc) is 2.62. The normalized spacial score (nSPS) is 11.7. The van der Waals surface area contributed by atoms with E-state index >= 15 is 0 Å². The molecule has 0 amide bonds. The Morgan fingerprint density at radius 2 is 1.74 bits per heavy atom. The van der Waals surface area contributed by atoms with Gasteiger partial charge in [-0.1, -0.05) is 30.3 Å². The third kappa shape index (κ3) is 4.81. The molecule has 8 heteroatoms. The maximum absolute atomic E-state index is 13.9. The van der Waals surface area contributed by atoms with Crippen molar-refractivity contribution in [2.45, 2.75) is 6.18 Å². The van der Waals surface area contributed by atoms with Gasteiger partial charge >= 0.3 is 11.9 Å². The van der Waals surface area contributed by atoms with E-state index in [0.29, 0.717) is 17.4 Å². The van der Waals surface area contributed by atoms with Crippen molar-refractivity contribution in [3.63, 3.8) is 0 Å². The topological polar surface area (TPSA) is 55.0 Å². The molecule has 0 saturated carbocycles. The van der Waals surface area contributed by atoms with Crippen LogP contribution in [0.1, 0.15) is 17.0 Å². The number of rotatable bonds is 4. The van der Waals surface area contributed by atoms with Crippen molar-refractivity contribution >= 4 is 12.2 Å². The zero-order valence-electron chi connectivity index (χ0n) is 13.6. The highest BCUT2D eigenvalue weighted by atomic mass is 19.4. The molecule has 138 valence electrons. The van der Waals surface area contributed by atoms with E-state index in [1.807, 2.05) is 0 Å². The zero-order valence-corrected chi connectivity index (χ0v) is 13.6. The van der Waals surface area contributed by atoms with Crippen LogP contribution in [0.4, 0.5) is 17.6 Å². The van der Waals surface area contributed by atoms with Gasteiger partial charge in [0.25, 0.3) is 0 Å². The van der Waals surface area contributed by atoms with Crippen LogP contribution in [0.15, 0.2) is 59.4 Å². The number of nitrogens with zero attached hydrogens (tertiary/aromatic N) is 1. The molecule has 3 rings (SSSR count). The summed E-state index contributed by atoms with van der Waals surface area (Å²) in [6.07, 6.45) is -2.07. The second kappa shape index (κ2) is 7.45. The zero-order chi connectivity index (χ0) is 19.4. The summed E-state index contributed by atoms with van der Waals surface area (Å²) in [6.45, 7) is 0. The number of benzene rings is 2. The van der Waals surface area contributed by atoms with Crippen LogP contribution in [0.3, 0.4) is 0 Å². The van der Waals surface area contributed by atoms with Crippen LogP contribution in [0, 0.1) is 5.82 Å². The van der Waals surface area contributed by atoms with E-state index in [1.54, 1.807) is 35.3 Å². The summed E-state index contributed by atoms with van der Waals surface area (Å²) >= 11 is 0. The van der Waals surface area contributed by atoms with Gasteiger partial charge in [0.15, 0.2) is 11.6 Å². The minimum atomic E-state index is -4.70. The van der Waals surface area contributed by atoms with Crippen LogP contribution in [-0.4, -0.2) is 9.97 Å². The molecule has 3 aromatic rings. The van der Waals surface area contributed by atoms with Gasteiger partial charge in [0, 0.05) is 0 Å². The van der Waals surface area contributed by atoms with E-state index in [-0.39, 0.29) is 11.4 Å². The number of aromatic nitrogens is 2. The summed E-state index contributed by atoms with van der Waals surface area (Å²) in [5.74, 6) is -0.202. The predicted molar refractivity (Wildman–Crippen MR) is 91.7 cm³/mol. The number of hydrogen-bond donors (Lipinski definition) is 1. The van der Waals surface area contributed by atoms with Crippen LogP contribution in [0.2, 0.25) is 0 Å². The van der Waals surface area contributed by atoms with E-state index in [4.69, 9.17) is 4.74 Å². The van der Waals surface area contributed by atoms with Crippen molar-refractivity contribution in [2.24, 2.45) is 0 Å². The molecule has 4 nitrogen and oxygen atoms in total. The lowest BCUT2D eigenvalue weighted by molar-refractivity contribution is -0.141. The Kier molecular flexibility index (Phi) is 5.07. The Morgan fingerprint density at radius 3 is 2.44 bits per heavy atom. The maximum atomic E-state index is 13.9. The fraction of sp³-hybridized carbons (Fsp3) is 0.0526. The van der Waals surface area contributed by atoms with Crippen molar-refractivity contribution in [1.82, 2.24) is 9.97 Å². The molecule has 0 atom stereocenters. The van der Waals surface area contributed by atoms with Gasteiger partial charge in [0.05, 0.1) is 5.69 Å². The van der Waals surface area contributed by atoms with Gasteiger partial charge in [-0.15, -0.1) is 0 Å². The van der Waals surface area contributed by atoms with Crippen LogP contribution in [0.25, 0.3) is 12.2 Å². The lowest BCUT2D eigenvalue weighted by Crippen LogP contribution is -2.19. The number of aromatic amines is 1. The molecule has 0 aliphatic heterocycles. The quantitative estimate of drug-likeness (QED) is 0.660. The Morgan fingerprint density at radius 1 is 1.00 bits per heavy atom. The van der Waals surface area contributed by atoms with Gasteiger partial charge in [0.1, 0.15) is 11.4 Å². The van der Waals surface area contributed by atoms with Crippen molar-refractivity contribution in [3.05, 3.63) is 87.9 Å². The highest BCUT2D eigenvalue weighted by Crippen LogP contribution is 2.28. The van der Waals surface area contributed by atoms with Crippen molar-refractivity contribution in [2.75, 3.05) is 0 Å². The first kappa shape index (κ1) is 18.4. The Balaban J connectivity index is 1.87. The third-order valence-electron chi connectivity index (χ3n) is 3.44. The van der Waals surface area contributed by atoms with E-state index in [2.05, 4.69) is 4.98 Å². The highest BCUT2D eigenvalue weighted by Gasteiger charge is 2.32. The van der Waals surface area contributed by atoms with Crippen molar-refractivity contribution < 1.29 is 22.3 Å². The van der Waals surface area contributed by atoms with Gasteiger partial charge in [-0.25, -0.2) is 9.18 Å². The largest absolute Gasteiger partial charge is 0.454 e. The first-order chi connectivity index (χ1) is 12.8. The van der Waals surface area contributed by atoms with Gasteiger partial charge in [0.2, 0.25) is 0 Å². The van der Waals surface area contributed by atoms with Gasteiger partial charge in [-0.05, 0) is 42.0 Å². The molecule has 0 unspecified atom stereocenters. The molecular weight excluding hydrogens is 364 g/mol. The van der Waals surface area contributed by atoms with Crippen LogP contribution in [-0.2, 0) is 6.18 Å². The number of nitrogens with one attached hydrogen (secondary N) is 1. The van der Waals surface area contributed by atoms with Crippen LogP contribution in [0.5, 0.6) is 11.5 Å². The molecule has 0 aliphatic carbocycles. The van der Waals surface area contributed by atoms with E-state index in [0.717, 1.165) is 0 Å². The molecule has 1 heterocycles. The van der Waals surface area contributed by atoms with E-state index in [1.165, 1.54) is 30.4 Å². The number of ether oxygens (including phenoxy) is 1. The second-order valence-corrected chi connectivity index (χ2v) is 5.46. The average molecular weight is 376 g/mol. The van der Waals surface area contributed by atoms with Gasteiger partial charge in [-0.2, -0.15) is 18.2 Å². The molecule has 0 aliphatic rings. The minimum Gasteiger partial charge on any atom is -0.454 e. The van der Waals surface area contributed by atoms with Crippen molar-refractivity contribution in [3.8, 4) is 11.5 Å². The summed E-state index contributed by atoms with van der Waals surface area (Å²) < 4.78 is 57.6. The highest BCUT2D eigenvalue weighted by molar-refractivity contribution is 5.68. The maximum Gasteiger partial charge on any atom is 0.431 e. The fourth-order valence-electron chi connectivity index (χ4n) is 2.21. The molecule has 27 heavy (non-hydrogen) atoms. The number of alkyl halides is 3. The molecule has 0 spiro atoms. The summed E-state index contributed by atoms with van der Waals surface area (Å²) in [5, 5.41) is 0. The second-order valence-electron chi connectivity index (χ2n) is 5.46. The van der Waals surface area contributed by atoms with Crippen LogP contribution < -0.4 is 10.4 Å². The molecule has 1 aromatic heterocycles. The number of hydrogen-bond acceptors (Lipinski definition) is 3. The SMILES string of the molecule is O=c1nc(C=Cc2ccc(F)c(Oc3ccccc3)c2)cc(C(F)(F)F)[nH]1. The van der Waals surface area contributed by atoms with Crippen molar-refractivity contribution in [1.29, 1.82) is 0 Å². The van der Waals surface area contributed by atoms with Gasteiger partial charge in [-0.3, -0.25) is 0 Å². The minimum absolute atomic E-state index is 0.0433. The lowest BCUT2D eigenvalue weighted by atomic mass is 10.1. The first-order valence-corrected chi connectivity index (χ1v) is 7.70. The summed E-state index contributed by atoms with van der Waals surface area (Å²) in [4.78, 5) is 16.4. The Bertz CT molecular complexity index is 1030. The van der Waals surface area contributed by atoms with E-state index < -0.39 is 23.4 Å². The monoisotopic (exact) mass is 376 g/mol. The number of H-pyrrole nitrogens is 1. The predicted octanol–water partition coefficient (Wildman–Crippen LogP) is 4.89. The molecule has 2 aromatic carbocycles. The summed E-state index contributed by atoms with van der Waals surface area (Å²) in [5.41, 5.74) is -2.04. The standard InChI is InChI=1S/C19H12F4N2O2/c20-15-9-7-12(10-16(15)27-14-4-2-1-3-5-14)6-8-13-11-17(19(21,22)23)25-18(26)24-13/h1-11H,(H,24,25,26). The molecule has 0 saturated heterocycles. The first-order valence-electron chi connectivity index (χ1n) is 7.70. The van der Waals surface area contributed by atoms with Crippen LogP contribution >= 0.6 is 0 Å². The smallest absolute Gasteiger partial charge is 0.431 e. The molecule has 1 N–H and O–H groups in total. The number of para-hydroxylation sites is 1. The molecule has 0 fully saturated rings. The van der Waals surface area contributed by atoms with Gasteiger partial charge < -0.3 is 9.72 Å². The van der Waals surface area contributed by atoms with E-state index in [9.17, 15) is 22.4 Å². The Hall–Kier alpha value is -3.42.